The Morgan fingerprint density at radius 3 is 2.88 bits per heavy atom. The number of primary amides is 1. The van der Waals surface area contributed by atoms with Crippen molar-refractivity contribution in [2.45, 2.75) is 25.9 Å². The number of hydrogen-bond acceptors (Lipinski definition) is 7. The lowest BCUT2D eigenvalue weighted by atomic mass is 10.1. The molecule has 1 atom stereocenters. The quantitative estimate of drug-likeness (QED) is 0.546. The predicted octanol–water partition coefficient (Wildman–Crippen LogP) is 0.459. The van der Waals surface area contributed by atoms with Gasteiger partial charge in [-0.1, -0.05) is 11.6 Å². The van der Waals surface area contributed by atoms with Crippen molar-refractivity contribution < 1.29 is 23.9 Å². The fourth-order valence-electron chi connectivity index (χ4n) is 2.80. The zero-order chi connectivity index (χ0) is 18.8. The molecule has 1 fully saturated rings. The number of esters is 1. The molecule has 1 aromatic carbocycles. The Morgan fingerprint density at radius 1 is 1.42 bits per heavy atom. The van der Waals surface area contributed by atoms with E-state index in [4.69, 9.17) is 26.8 Å². The van der Waals surface area contributed by atoms with E-state index in [2.05, 4.69) is 10.3 Å². The molecular weight excluding hydrogens is 364 g/mol. The van der Waals surface area contributed by atoms with E-state index in [-0.39, 0.29) is 32.1 Å². The van der Waals surface area contributed by atoms with Crippen LogP contribution in [0.3, 0.4) is 0 Å². The van der Waals surface area contributed by atoms with Crippen LogP contribution in [0.4, 0.5) is 5.69 Å². The molecule has 0 radical (unpaired) electrons. The molecule has 2 aliphatic heterocycles. The number of fused-ring (bicyclic) bond motifs is 2. The number of rotatable bonds is 6. The van der Waals surface area contributed by atoms with Crippen LogP contribution in [-0.2, 0) is 25.7 Å². The summed E-state index contributed by atoms with van der Waals surface area (Å²) in [7, 11) is 0. The molecule has 138 valence electrons. The van der Waals surface area contributed by atoms with Gasteiger partial charge in [-0.3, -0.25) is 19.7 Å². The largest absolute Gasteiger partial charge is 0.488 e. The predicted molar refractivity (Wildman–Crippen MR) is 92.0 cm³/mol. The average Bonchev–Trinajstić information content (AvgIpc) is 2.86. The lowest BCUT2D eigenvalue weighted by Gasteiger charge is -2.28. The highest BCUT2D eigenvalue weighted by Gasteiger charge is 2.40. The first-order chi connectivity index (χ1) is 12.4. The van der Waals surface area contributed by atoms with Gasteiger partial charge in [-0.15, -0.1) is 0 Å². The van der Waals surface area contributed by atoms with Gasteiger partial charge in [0.25, 0.3) is 0 Å². The second-order valence-corrected chi connectivity index (χ2v) is 6.18. The Kier molecular flexibility index (Phi) is 4.99. The number of guanidine groups is 1. The fourth-order valence-corrected chi connectivity index (χ4v) is 3.08. The highest BCUT2D eigenvalue weighted by molar-refractivity contribution is 6.33. The lowest BCUT2D eigenvalue weighted by Crippen LogP contribution is -2.39. The van der Waals surface area contributed by atoms with E-state index in [9.17, 15) is 14.4 Å². The maximum absolute atomic E-state index is 12.1. The molecule has 2 aliphatic rings. The minimum absolute atomic E-state index is 0.107. The monoisotopic (exact) mass is 380 g/mol. The zero-order valence-corrected chi connectivity index (χ0v) is 14.7. The van der Waals surface area contributed by atoms with Crippen LogP contribution in [0, 0.1) is 0 Å². The first-order valence-corrected chi connectivity index (χ1v) is 8.26. The zero-order valence-electron chi connectivity index (χ0n) is 14.0. The van der Waals surface area contributed by atoms with Crippen molar-refractivity contribution in [3.05, 3.63) is 22.7 Å². The Labute approximate surface area is 154 Å². The molecule has 1 unspecified atom stereocenters. The summed E-state index contributed by atoms with van der Waals surface area (Å²) in [5.41, 5.74) is 6.50. The molecular formula is C16H17ClN4O5. The molecule has 1 aromatic rings. The van der Waals surface area contributed by atoms with Crippen molar-refractivity contribution in [3.8, 4) is 5.75 Å². The van der Waals surface area contributed by atoms with Crippen LogP contribution in [0.5, 0.6) is 5.75 Å². The van der Waals surface area contributed by atoms with Crippen LogP contribution in [-0.4, -0.2) is 47.9 Å². The van der Waals surface area contributed by atoms with Crippen molar-refractivity contribution in [2.75, 3.05) is 13.2 Å². The molecule has 3 N–H and O–H groups in total. The average molecular weight is 381 g/mol. The van der Waals surface area contributed by atoms with E-state index >= 15 is 0 Å². The second-order valence-electron chi connectivity index (χ2n) is 5.80. The number of nitrogens with one attached hydrogen (secondary N) is 1. The highest BCUT2D eigenvalue weighted by Crippen LogP contribution is 2.39. The molecule has 0 aliphatic carbocycles. The topological polar surface area (TPSA) is 123 Å². The minimum Gasteiger partial charge on any atom is -0.488 e. The summed E-state index contributed by atoms with van der Waals surface area (Å²) in [5.74, 6) is -0.511. The summed E-state index contributed by atoms with van der Waals surface area (Å²) >= 11 is 6.42. The Balaban J connectivity index is 1.78. The van der Waals surface area contributed by atoms with Gasteiger partial charge in [0.1, 0.15) is 25.0 Å². The standard InChI is InChI=1S/C16H17ClN4O5/c1-8(22)25-4-5-26-12-3-2-10-9(14(12)17)7-21-11(6-13(18)23)15(24)20-16(21)19-10/h2-3,11H,4-7H2,1H3,(H2,18,23)(H,19,20,24). The summed E-state index contributed by atoms with van der Waals surface area (Å²) in [5, 5.41) is 3.00. The molecule has 2 amide bonds. The molecule has 3 rings (SSSR count). The van der Waals surface area contributed by atoms with Gasteiger partial charge in [0.05, 0.1) is 23.7 Å². The van der Waals surface area contributed by atoms with E-state index in [1.54, 1.807) is 17.0 Å². The van der Waals surface area contributed by atoms with Crippen molar-refractivity contribution >= 4 is 41.0 Å². The SMILES string of the molecule is CC(=O)OCCOc1ccc2c(c1Cl)CN1C(=N2)NC(=O)C1CC(N)=O. The van der Waals surface area contributed by atoms with E-state index in [1.165, 1.54) is 6.92 Å². The maximum atomic E-state index is 12.1. The first kappa shape index (κ1) is 18.0. The number of nitrogens with two attached hydrogens (primary N) is 1. The van der Waals surface area contributed by atoms with E-state index in [0.29, 0.717) is 28.0 Å². The van der Waals surface area contributed by atoms with E-state index in [1.807, 2.05) is 0 Å². The Hall–Kier alpha value is -2.81. The first-order valence-electron chi connectivity index (χ1n) is 7.89. The van der Waals surface area contributed by atoms with Crippen molar-refractivity contribution in [2.24, 2.45) is 10.7 Å². The molecule has 1 saturated heterocycles. The second kappa shape index (κ2) is 7.20. The number of benzene rings is 1. The third-order valence-corrected chi connectivity index (χ3v) is 4.38. The normalized spacial score (nSPS) is 17.8. The van der Waals surface area contributed by atoms with Gasteiger partial charge in [0.2, 0.25) is 17.8 Å². The minimum atomic E-state index is -0.719. The number of nitrogens with zero attached hydrogens (tertiary/aromatic N) is 2. The molecule has 0 bridgehead atoms. The number of hydrogen-bond donors (Lipinski definition) is 2. The van der Waals surface area contributed by atoms with Crippen LogP contribution < -0.4 is 15.8 Å². The van der Waals surface area contributed by atoms with Gasteiger partial charge in [0.15, 0.2) is 0 Å². The van der Waals surface area contributed by atoms with Gasteiger partial charge >= 0.3 is 5.97 Å². The van der Waals surface area contributed by atoms with Crippen molar-refractivity contribution in [3.63, 3.8) is 0 Å². The van der Waals surface area contributed by atoms with Gasteiger partial charge in [-0.05, 0) is 12.1 Å². The number of ether oxygens (including phenoxy) is 2. The van der Waals surface area contributed by atoms with Gasteiger partial charge in [-0.25, -0.2) is 4.99 Å². The lowest BCUT2D eigenvalue weighted by molar-refractivity contribution is -0.141. The molecule has 9 nitrogen and oxygen atoms in total. The smallest absolute Gasteiger partial charge is 0.302 e. The summed E-state index contributed by atoms with van der Waals surface area (Å²) in [6.45, 7) is 1.86. The van der Waals surface area contributed by atoms with E-state index in [0.717, 1.165) is 0 Å². The number of carbonyl (C=O) groups excluding carboxylic acids is 3. The maximum Gasteiger partial charge on any atom is 0.302 e. The van der Waals surface area contributed by atoms with Crippen molar-refractivity contribution in [1.29, 1.82) is 0 Å². The van der Waals surface area contributed by atoms with Gasteiger partial charge < -0.3 is 20.1 Å². The number of aliphatic imine (C=N–C) groups is 1. The third-order valence-electron chi connectivity index (χ3n) is 3.96. The van der Waals surface area contributed by atoms with Crippen LogP contribution in [0.15, 0.2) is 17.1 Å². The molecule has 10 heteroatoms. The Morgan fingerprint density at radius 2 is 2.19 bits per heavy atom. The van der Waals surface area contributed by atoms with Gasteiger partial charge in [-0.2, -0.15) is 0 Å². The number of carbonyl (C=O) groups is 3. The molecule has 0 saturated carbocycles. The highest BCUT2D eigenvalue weighted by atomic mass is 35.5. The summed E-state index contributed by atoms with van der Waals surface area (Å²) in [4.78, 5) is 40.1. The number of amides is 2. The third kappa shape index (κ3) is 3.57. The molecule has 0 spiro atoms. The molecule has 26 heavy (non-hydrogen) atoms. The molecule has 2 heterocycles. The number of halogens is 1. The van der Waals surface area contributed by atoms with Crippen LogP contribution in [0.25, 0.3) is 0 Å². The fraction of sp³-hybridized carbons (Fsp3) is 0.375. The summed E-state index contributed by atoms with van der Waals surface area (Å²) < 4.78 is 10.4. The van der Waals surface area contributed by atoms with Crippen molar-refractivity contribution in [1.82, 2.24) is 10.2 Å². The van der Waals surface area contributed by atoms with Gasteiger partial charge in [0, 0.05) is 12.5 Å². The van der Waals surface area contributed by atoms with E-state index < -0.39 is 17.9 Å². The summed E-state index contributed by atoms with van der Waals surface area (Å²) in [6, 6.07) is 2.66. The van der Waals surface area contributed by atoms with Crippen LogP contribution >= 0.6 is 11.6 Å². The van der Waals surface area contributed by atoms with Crippen LogP contribution in [0.1, 0.15) is 18.9 Å². The Bertz CT molecular complexity index is 810. The van der Waals surface area contributed by atoms with Crippen LogP contribution in [0.2, 0.25) is 5.02 Å². The molecule has 0 aromatic heterocycles. The summed E-state index contributed by atoms with van der Waals surface area (Å²) in [6.07, 6.45) is -0.115.